The highest BCUT2D eigenvalue weighted by atomic mass is 16.3. The average Bonchev–Trinajstić information content (AvgIpc) is 2.39. The minimum atomic E-state index is 0.316. The van der Waals surface area contributed by atoms with E-state index in [1.54, 1.807) is 12.1 Å². The van der Waals surface area contributed by atoms with Gasteiger partial charge in [-0.15, -0.1) is 0 Å². The predicted octanol–water partition coefficient (Wildman–Crippen LogP) is 4.33. The van der Waals surface area contributed by atoms with Crippen LogP contribution in [-0.4, -0.2) is 10.2 Å². The number of phenolic OH excluding ortho intramolecular Hbond substituents is 2. The first-order chi connectivity index (χ1) is 9.04. The number of rotatable bonds is 3. The molecule has 0 unspecified atom stereocenters. The molecule has 0 aliphatic carbocycles. The quantitative estimate of drug-likeness (QED) is 0.858. The molecule has 0 amide bonds. The summed E-state index contributed by atoms with van der Waals surface area (Å²) in [6.45, 7) is 5.98. The highest BCUT2D eigenvalue weighted by Crippen LogP contribution is 2.33. The van der Waals surface area contributed by atoms with Crippen molar-refractivity contribution >= 4 is 0 Å². The van der Waals surface area contributed by atoms with Crippen molar-refractivity contribution in [1.82, 2.24) is 0 Å². The molecule has 0 saturated heterocycles. The minimum Gasteiger partial charge on any atom is -0.508 e. The van der Waals surface area contributed by atoms with Crippen molar-refractivity contribution in [2.45, 2.75) is 33.6 Å². The van der Waals surface area contributed by atoms with Gasteiger partial charge in [0, 0.05) is 0 Å². The molecular formula is C17H20O2. The zero-order chi connectivity index (χ0) is 14.0. The summed E-state index contributed by atoms with van der Waals surface area (Å²) in [5, 5.41) is 19.5. The Bertz CT molecular complexity index is 600. The van der Waals surface area contributed by atoms with E-state index in [4.69, 9.17) is 0 Å². The van der Waals surface area contributed by atoms with Crippen LogP contribution in [0.3, 0.4) is 0 Å². The van der Waals surface area contributed by atoms with Gasteiger partial charge in [-0.2, -0.15) is 0 Å². The zero-order valence-corrected chi connectivity index (χ0v) is 11.7. The Morgan fingerprint density at radius 3 is 2.26 bits per heavy atom. The van der Waals surface area contributed by atoms with Gasteiger partial charge in [0.1, 0.15) is 11.5 Å². The Hall–Kier alpha value is -1.96. The summed E-state index contributed by atoms with van der Waals surface area (Å²) in [5.41, 5.74) is 5.23. The van der Waals surface area contributed by atoms with Crippen LogP contribution in [0.2, 0.25) is 0 Å². The SMILES string of the molecule is CCCc1c(-c2ccc(O)c(C)c2)ccc(O)c1C. The van der Waals surface area contributed by atoms with Gasteiger partial charge in [-0.25, -0.2) is 0 Å². The molecule has 2 aromatic rings. The van der Waals surface area contributed by atoms with Crippen LogP contribution in [0.15, 0.2) is 30.3 Å². The third-order valence-electron chi connectivity index (χ3n) is 3.58. The Morgan fingerprint density at radius 1 is 0.947 bits per heavy atom. The monoisotopic (exact) mass is 256 g/mol. The molecule has 0 aliphatic heterocycles. The van der Waals surface area contributed by atoms with Gasteiger partial charge in [-0.1, -0.05) is 25.5 Å². The molecule has 0 aliphatic rings. The molecule has 0 atom stereocenters. The number of hydrogen-bond donors (Lipinski definition) is 2. The highest BCUT2D eigenvalue weighted by Gasteiger charge is 2.11. The topological polar surface area (TPSA) is 40.5 Å². The molecule has 0 saturated carbocycles. The van der Waals surface area contributed by atoms with E-state index < -0.39 is 0 Å². The minimum absolute atomic E-state index is 0.316. The highest BCUT2D eigenvalue weighted by molar-refractivity contribution is 5.71. The lowest BCUT2D eigenvalue weighted by Crippen LogP contribution is -1.94. The van der Waals surface area contributed by atoms with E-state index in [2.05, 4.69) is 6.92 Å². The van der Waals surface area contributed by atoms with Gasteiger partial charge < -0.3 is 10.2 Å². The van der Waals surface area contributed by atoms with Gasteiger partial charge in [0.05, 0.1) is 0 Å². The third kappa shape index (κ3) is 2.58. The molecule has 2 aromatic carbocycles. The first-order valence-electron chi connectivity index (χ1n) is 6.66. The summed E-state index contributed by atoms with van der Waals surface area (Å²) < 4.78 is 0. The van der Waals surface area contributed by atoms with Crippen molar-refractivity contribution in [3.8, 4) is 22.6 Å². The van der Waals surface area contributed by atoms with Gasteiger partial charge >= 0.3 is 0 Å². The summed E-state index contributed by atoms with van der Waals surface area (Å²) in [5.74, 6) is 0.666. The van der Waals surface area contributed by atoms with Crippen LogP contribution in [0.1, 0.15) is 30.0 Å². The maximum atomic E-state index is 9.86. The first kappa shape index (κ1) is 13.5. The third-order valence-corrected chi connectivity index (χ3v) is 3.58. The molecule has 2 nitrogen and oxygen atoms in total. The normalized spacial score (nSPS) is 10.7. The van der Waals surface area contributed by atoms with E-state index in [0.29, 0.717) is 11.5 Å². The molecule has 0 spiro atoms. The van der Waals surface area contributed by atoms with Crippen LogP contribution in [0.4, 0.5) is 0 Å². The predicted molar refractivity (Wildman–Crippen MR) is 78.7 cm³/mol. The molecule has 0 heterocycles. The van der Waals surface area contributed by atoms with Gasteiger partial charge in [-0.3, -0.25) is 0 Å². The fraction of sp³-hybridized carbons (Fsp3) is 0.294. The van der Waals surface area contributed by atoms with E-state index in [0.717, 1.165) is 35.1 Å². The summed E-state index contributed by atoms with van der Waals surface area (Å²) >= 11 is 0. The maximum Gasteiger partial charge on any atom is 0.118 e. The summed E-state index contributed by atoms with van der Waals surface area (Å²) in [4.78, 5) is 0. The molecule has 0 aromatic heterocycles. The van der Waals surface area contributed by atoms with Crippen LogP contribution in [0.5, 0.6) is 11.5 Å². The van der Waals surface area contributed by atoms with Gasteiger partial charge in [0.15, 0.2) is 0 Å². The molecule has 19 heavy (non-hydrogen) atoms. The second-order valence-corrected chi connectivity index (χ2v) is 4.99. The number of phenols is 2. The lowest BCUT2D eigenvalue weighted by Gasteiger charge is -2.14. The summed E-state index contributed by atoms with van der Waals surface area (Å²) in [6.07, 6.45) is 1.98. The van der Waals surface area contributed by atoms with Crippen LogP contribution in [0, 0.1) is 13.8 Å². The zero-order valence-electron chi connectivity index (χ0n) is 11.7. The Morgan fingerprint density at radius 2 is 1.63 bits per heavy atom. The Kier molecular flexibility index (Phi) is 3.79. The Balaban J connectivity index is 2.60. The second kappa shape index (κ2) is 5.35. The molecule has 100 valence electrons. The van der Waals surface area contributed by atoms with Crippen molar-refractivity contribution in [2.75, 3.05) is 0 Å². The summed E-state index contributed by atoms with van der Waals surface area (Å²) in [7, 11) is 0. The van der Waals surface area contributed by atoms with E-state index in [9.17, 15) is 10.2 Å². The van der Waals surface area contributed by atoms with E-state index in [-0.39, 0.29) is 0 Å². The van der Waals surface area contributed by atoms with Crippen molar-refractivity contribution in [1.29, 1.82) is 0 Å². The number of benzene rings is 2. The fourth-order valence-corrected chi connectivity index (χ4v) is 2.41. The lowest BCUT2D eigenvalue weighted by molar-refractivity contribution is 0.469. The molecule has 0 fully saturated rings. The Labute approximate surface area is 114 Å². The largest absolute Gasteiger partial charge is 0.508 e. The van der Waals surface area contributed by atoms with Crippen molar-refractivity contribution in [3.05, 3.63) is 47.0 Å². The molecule has 0 radical (unpaired) electrons. The maximum absolute atomic E-state index is 9.86. The number of aryl methyl sites for hydroxylation is 1. The van der Waals surface area contributed by atoms with Crippen LogP contribution in [-0.2, 0) is 6.42 Å². The molecule has 2 heteroatoms. The fourth-order valence-electron chi connectivity index (χ4n) is 2.41. The standard InChI is InChI=1S/C17H20O2/c1-4-5-14-12(3)17(19)9-7-15(14)13-6-8-16(18)11(2)10-13/h6-10,18-19H,4-5H2,1-3H3. The van der Waals surface area contributed by atoms with E-state index in [1.807, 2.05) is 32.0 Å². The second-order valence-electron chi connectivity index (χ2n) is 4.99. The summed E-state index contributed by atoms with van der Waals surface area (Å²) in [6, 6.07) is 9.33. The average molecular weight is 256 g/mol. The van der Waals surface area contributed by atoms with Crippen LogP contribution < -0.4 is 0 Å². The van der Waals surface area contributed by atoms with Crippen molar-refractivity contribution in [3.63, 3.8) is 0 Å². The van der Waals surface area contributed by atoms with Crippen molar-refractivity contribution in [2.24, 2.45) is 0 Å². The molecule has 0 bridgehead atoms. The van der Waals surface area contributed by atoms with Crippen LogP contribution in [0.25, 0.3) is 11.1 Å². The molecule has 2 rings (SSSR count). The number of hydrogen-bond acceptors (Lipinski definition) is 2. The van der Waals surface area contributed by atoms with E-state index in [1.165, 1.54) is 5.56 Å². The van der Waals surface area contributed by atoms with Crippen molar-refractivity contribution < 1.29 is 10.2 Å². The molecule has 2 N–H and O–H groups in total. The number of aromatic hydroxyl groups is 2. The van der Waals surface area contributed by atoms with Crippen LogP contribution >= 0.6 is 0 Å². The van der Waals surface area contributed by atoms with Gasteiger partial charge in [0.25, 0.3) is 0 Å². The van der Waals surface area contributed by atoms with E-state index >= 15 is 0 Å². The van der Waals surface area contributed by atoms with Gasteiger partial charge in [-0.05, 0) is 66.3 Å². The molecular weight excluding hydrogens is 236 g/mol. The lowest BCUT2D eigenvalue weighted by atomic mass is 9.92. The smallest absolute Gasteiger partial charge is 0.118 e. The van der Waals surface area contributed by atoms with Gasteiger partial charge in [0.2, 0.25) is 0 Å². The first-order valence-corrected chi connectivity index (χ1v) is 6.66.